The summed E-state index contributed by atoms with van der Waals surface area (Å²) in [6.07, 6.45) is 3.29. The van der Waals surface area contributed by atoms with Gasteiger partial charge < -0.3 is 18.0 Å². The summed E-state index contributed by atoms with van der Waals surface area (Å²) in [4.78, 5) is 0. The summed E-state index contributed by atoms with van der Waals surface area (Å²) in [5, 5.41) is 2.45. The van der Waals surface area contributed by atoms with Gasteiger partial charge in [-0.25, -0.2) is 0 Å². The van der Waals surface area contributed by atoms with E-state index in [4.69, 9.17) is 18.0 Å². The first-order chi connectivity index (χ1) is 13.7. The van der Waals surface area contributed by atoms with E-state index in [1.165, 1.54) is 16.3 Å². The van der Waals surface area contributed by atoms with Crippen LogP contribution in [0.3, 0.4) is 0 Å². The molecule has 0 spiro atoms. The molecule has 0 aliphatic rings. The minimum absolute atomic E-state index is 0.296. The van der Waals surface area contributed by atoms with Gasteiger partial charge in [0.15, 0.2) is 6.29 Å². The zero-order valence-corrected chi connectivity index (χ0v) is 18.9. The summed E-state index contributed by atoms with van der Waals surface area (Å²) in [5.74, 6) is 0. The maximum absolute atomic E-state index is 6.52. The van der Waals surface area contributed by atoms with Crippen LogP contribution in [0.5, 0.6) is 0 Å². The van der Waals surface area contributed by atoms with Crippen LogP contribution in [-0.2, 0) is 24.1 Å². The van der Waals surface area contributed by atoms with Crippen molar-refractivity contribution in [2.75, 3.05) is 19.8 Å². The number of hydrogen-bond acceptors (Lipinski definition) is 4. The molecule has 0 aliphatic heterocycles. The molecule has 1 atom stereocenters. The average molecular weight is 405 g/mol. The predicted molar refractivity (Wildman–Crippen MR) is 117 cm³/mol. The molecule has 0 N–H and O–H groups in total. The van der Waals surface area contributed by atoms with E-state index in [9.17, 15) is 0 Å². The second-order valence-corrected chi connectivity index (χ2v) is 9.55. The predicted octanol–water partition coefficient (Wildman–Crippen LogP) is 5.89. The van der Waals surface area contributed by atoms with Crippen LogP contribution >= 0.6 is 0 Å². The molecule has 4 nitrogen and oxygen atoms in total. The first-order valence-electron chi connectivity index (χ1n) is 10.7. The molecule has 0 saturated carbocycles. The number of hydrogen-bond donors (Lipinski definition) is 0. The van der Waals surface area contributed by atoms with E-state index in [1.807, 2.05) is 0 Å². The summed E-state index contributed by atoms with van der Waals surface area (Å²) in [7, 11) is -2.95. The molecular weight excluding hydrogens is 368 g/mol. The minimum atomic E-state index is -2.95. The number of rotatable bonds is 14. The molecule has 0 saturated heterocycles. The number of ether oxygens (including phenoxy) is 1. The summed E-state index contributed by atoms with van der Waals surface area (Å²) in [6.45, 7) is 10.4. The Morgan fingerprint density at radius 1 is 0.786 bits per heavy atom. The molecule has 2 aromatic carbocycles. The lowest BCUT2D eigenvalue weighted by Crippen LogP contribution is -2.51. The molecule has 0 aromatic heterocycles. The summed E-state index contributed by atoms with van der Waals surface area (Å²) < 4.78 is 25.2. The third kappa shape index (κ3) is 6.67. The molecule has 28 heavy (non-hydrogen) atoms. The number of fused-ring (bicyclic) bond motifs is 1. The first kappa shape index (κ1) is 23.0. The lowest BCUT2D eigenvalue weighted by Gasteiger charge is -2.33. The smallest absolute Gasteiger partial charge is 0.373 e. The highest BCUT2D eigenvalue weighted by Crippen LogP contribution is 2.26. The van der Waals surface area contributed by atoms with Gasteiger partial charge in [-0.05, 0) is 42.0 Å². The summed E-state index contributed by atoms with van der Waals surface area (Å²) >= 11 is 0. The fourth-order valence-corrected chi connectivity index (χ4v) is 6.08. The Kier molecular flexibility index (Phi) is 10.2. The van der Waals surface area contributed by atoms with Gasteiger partial charge in [-0.1, -0.05) is 70.2 Å². The second kappa shape index (κ2) is 12.3. The molecule has 0 amide bonds. The van der Waals surface area contributed by atoms with E-state index in [1.54, 1.807) is 0 Å². The van der Waals surface area contributed by atoms with Gasteiger partial charge in [0.2, 0.25) is 0 Å². The SMILES string of the molecule is CCCOC(CC)O[Si](Cc1cccc2ccccc12)(OCCC)OCCC. The van der Waals surface area contributed by atoms with Gasteiger partial charge >= 0.3 is 8.80 Å². The molecule has 1 unspecified atom stereocenters. The van der Waals surface area contributed by atoms with Crippen molar-refractivity contribution in [3.8, 4) is 0 Å². The molecule has 156 valence electrons. The Labute approximate surface area is 171 Å². The summed E-state index contributed by atoms with van der Waals surface area (Å²) in [5.41, 5.74) is 1.21. The zero-order valence-electron chi connectivity index (χ0n) is 17.9. The molecule has 0 bridgehead atoms. The second-order valence-electron chi connectivity index (χ2n) is 7.02. The highest BCUT2D eigenvalue weighted by Gasteiger charge is 2.44. The van der Waals surface area contributed by atoms with E-state index in [0.717, 1.165) is 25.7 Å². The Bertz CT molecular complexity index is 678. The largest absolute Gasteiger partial charge is 0.507 e. The van der Waals surface area contributed by atoms with Crippen LogP contribution in [0.1, 0.15) is 58.9 Å². The monoisotopic (exact) mass is 404 g/mol. The number of benzene rings is 2. The van der Waals surface area contributed by atoms with E-state index in [-0.39, 0.29) is 6.29 Å². The average Bonchev–Trinajstić information content (AvgIpc) is 2.74. The van der Waals surface area contributed by atoms with Crippen molar-refractivity contribution >= 4 is 19.6 Å². The van der Waals surface area contributed by atoms with Crippen LogP contribution in [0.25, 0.3) is 10.8 Å². The highest BCUT2D eigenvalue weighted by molar-refractivity contribution is 6.60. The van der Waals surface area contributed by atoms with Gasteiger partial charge in [0.25, 0.3) is 0 Å². The van der Waals surface area contributed by atoms with Crippen LogP contribution in [0, 0.1) is 0 Å². The van der Waals surface area contributed by atoms with Gasteiger partial charge in [0.1, 0.15) is 0 Å². The van der Waals surface area contributed by atoms with Crippen LogP contribution in [0.2, 0.25) is 0 Å². The van der Waals surface area contributed by atoms with E-state index in [2.05, 4.69) is 70.2 Å². The third-order valence-electron chi connectivity index (χ3n) is 4.49. The van der Waals surface area contributed by atoms with Crippen molar-refractivity contribution in [1.82, 2.24) is 0 Å². The lowest BCUT2D eigenvalue weighted by molar-refractivity contribution is -0.122. The van der Waals surface area contributed by atoms with Crippen molar-refractivity contribution in [1.29, 1.82) is 0 Å². The maximum Gasteiger partial charge on any atom is 0.507 e. The van der Waals surface area contributed by atoms with Crippen LogP contribution in [0.15, 0.2) is 42.5 Å². The quantitative estimate of drug-likeness (QED) is 0.290. The molecular formula is C23H36O4Si. The Morgan fingerprint density at radius 3 is 2.07 bits per heavy atom. The molecule has 0 aliphatic carbocycles. The molecule has 0 fully saturated rings. The Morgan fingerprint density at radius 2 is 1.43 bits per heavy atom. The fraction of sp³-hybridized carbons (Fsp3) is 0.565. The normalized spacial score (nSPS) is 13.1. The van der Waals surface area contributed by atoms with Crippen molar-refractivity contribution in [3.05, 3.63) is 48.0 Å². The molecule has 5 heteroatoms. The molecule has 2 aromatic rings. The van der Waals surface area contributed by atoms with Gasteiger partial charge in [-0.2, -0.15) is 0 Å². The van der Waals surface area contributed by atoms with Crippen LogP contribution < -0.4 is 0 Å². The first-order valence-corrected chi connectivity index (χ1v) is 12.6. The van der Waals surface area contributed by atoms with E-state index in [0.29, 0.717) is 25.9 Å². The lowest BCUT2D eigenvalue weighted by atomic mass is 10.1. The van der Waals surface area contributed by atoms with E-state index < -0.39 is 8.80 Å². The van der Waals surface area contributed by atoms with Gasteiger partial charge in [-0.3, -0.25) is 0 Å². The van der Waals surface area contributed by atoms with Crippen molar-refractivity contribution in [3.63, 3.8) is 0 Å². The highest BCUT2D eigenvalue weighted by atomic mass is 28.4. The van der Waals surface area contributed by atoms with Gasteiger partial charge in [0.05, 0.1) is 0 Å². The maximum atomic E-state index is 6.52. The molecule has 0 heterocycles. The van der Waals surface area contributed by atoms with E-state index >= 15 is 0 Å². The Balaban J connectivity index is 2.35. The standard InChI is InChI=1S/C23H36O4Si/c1-5-16-24-23(8-4)27-28(25-17-6-2,26-18-7-3)19-21-14-11-13-20-12-9-10-15-22(20)21/h9-15,23H,5-8,16-19H2,1-4H3. The van der Waals surface area contributed by atoms with Gasteiger partial charge in [0, 0.05) is 25.9 Å². The van der Waals surface area contributed by atoms with Crippen molar-refractivity contribution in [2.45, 2.75) is 65.7 Å². The van der Waals surface area contributed by atoms with Crippen LogP contribution in [-0.4, -0.2) is 34.9 Å². The molecule has 2 rings (SSSR count). The topological polar surface area (TPSA) is 36.9 Å². The fourth-order valence-electron chi connectivity index (χ4n) is 3.13. The third-order valence-corrected chi connectivity index (χ3v) is 7.22. The zero-order chi connectivity index (χ0) is 20.2. The van der Waals surface area contributed by atoms with Crippen molar-refractivity contribution < 1.29 is 18.0 Å². The summed E-state index contributed by atoms with van der Waals surface area (Å²) in [6, 6.07) is 15.5. The van der Waals surface area contributed by atoms with Crippen LogP contribution in [0.4, 0.5) is 0 Å². The minimum Gasteiger partial charge on any atom is -0.373 e. The molecule has 0 radical (unpaired) electrons. The van der Waals surface area contributed by atoms with Crippen molar-refractivity contribution in [2.24, 2.45) is 0 Å². The van der Waals surface area contributed by atoms with Gasteiger partial charge in [-0.15, -0.1) is 0 Å². The Hall–Kier alpha value is -1.24.